The van der Waals surface area contributed by atoms with Gasteiger partial charge in [0.25, 0.3) is 0 Å². The number of aryl methyl sites for hydroxylation is 1. The van der Waals surface area contributed by atoms with Crippen molar-refractivity contribution in [1.29, 1.82) is 0 Å². The van der Waals surface area contributed by atoms with E-state index in [1.165, 1.54) is 0 Å². The van der Waals surface area contributed by atoms with Crippen molar-refractivity contribution in [2.24, 2.45) is 7.05 Å². The van der Waals surface area contributed by atoms with Gasteiger partial charge >= 0.3 is 5.97 Å². The van der Waals surface area contributed by atoms with Gasteiger partial charge in [0.15, 0.2) is 0 Å². The topological polar surface area (TPSA) is 31.2 Å². The van der Waals surface area contributed by atoms with Crippen molar-refractivity contribution >= 4 is 5.97 Å². The molecule has 1 aromatic heterocycles. The molecular formula is C10H15NO2. The smallest absolute Gasteiger partial charge is 0.340 e. The largest absolute Gasteiger partial charge is 0.459 e. The number of carbonyl (C=O) groups is 1. The van der Waals surface area contributed by atoms with Gasteiger partial charge in [-0.25, -0.2) is 4.79 Å². The molecule has 1 aromatic rings. The highest BCUT2D eigenvalue weighted by Gasteiger charge is 2.13. The molecule has 0 spiro atoms. The van der Waals surface area contributed by atoms with Gasteiger partial charge in [0.1, 0.15) is 0 Å². The molecule has 0 aliphatic rings. The molecule has 0 amide bonds. The molecular weight excluding hydrogens is 166 g/mol. The SMILES string of the molecule is Cc1c(C(=O)OC(C)C)ccn1C. The molecule has 0 bridgehead atoms. The van der Waals surface area contributed by atoms with Crippen LogP contribution in [0.15, 0.2) is 12.3 Å². The van der Waals surface area contributed by atoms with E-state index >= 15 is 0 Å². The fraction of sp³-hybridized carbons (Fsp3) is 0.500. The van der Waals surface area contributed by atoms with E-state index in [1.807, 2.05) is 38.6 Å². The van der Waals surface area contributed by atoms with E-state index in [2.05, 4.69) is 0 Å². The molecule has 0 aliphatic heterocycles. The van der Waals surface area contributed by atoms with Crippen LogP contribution in [0.25, 0.3) is 0 Å². The first-order valence-corrected chi connectivity index (χ1v) is 4.35. The Bertz CT molecular complexity index is 313. The number of rotatable bonds is 2. The fourth-order valence-electron chi connectivity index (χ4n) is 1.10. The fourth-order valence-corrected chi connectivity index (χ4v) is 1.10. The van der Waals surface area contributed by atoms with Gasteiger partial charge in [0.05, 0.1) is 11.7 Å². The zero-order chi connectivity index (χ0) is 10.0. The Labute approximate surface area is 78.3 Å². The second-order valence-electron chi connectivity index (χ2n) is 3.38. The van der Waals surface area contributed by atoms with Gasteiger partial charge in [-0.05, 0) is 26.8 Å². The van der Waals surface area contributed by atoms with Crippen molar-refractivity contribution in [1.82, 2.24) is 4.57 Å². The Hall–Kier alpha value is -1.25. The average Bonchev–Trinajstić information content (AvgIpc) is 2.31. The van der Waals surface area contributed by atoms with Gasteiger partial charge in [-0.1, -0.05) is 0 Å². The number of nitrogens with zero attached hydrogens (tertiary/aromatic N) is 1. The van der Waals surface area contributed by atoms with Crippen LogP contribution in [-0.2, 0) is 11.8 Å². The molecule has 0 aliphatic carbocycles. The van der Waals surface area contributed by atoms with Crippen LogP contribution in [0.4, 0.5) is 0 Å². The minimum absolute atomic E-state index is 0.0629. The molecule has 13 heavy (non-hydrogen) atoms. The average molecular weight is 181 g/mol. The van der Waals surface area contributed by atoms with E-state index in [0.29, 0.717) is 5.56 Å². The van der Waals surface area contributed by atoms with Gasteiger partial charge in [-0.2, -0.15) is 0 Å². The Morgan fingerprint density at radius 3 is 2.54 bits per heavy atom. The van der Waals surface area contributed by atoms with E-state index < -0.39 is 0 Å². The normalized spacial score (nSPS) is 10.5. The van der Waals surface area contributed by atoms with Gasteiger partial charge < -0.3 is 9.30 Å². The minimum Gasteiger partial charge on any atom is -0.459 e. The summed E-state index contributed by atoms with van der Waals surface area (Å²) in [6.07, 6.45) is 1.79. The maximum atomic E-state index is 11.5. The zero-order valence-electron chi connectivity index (χ0n) is 8.50. The maximum absolute atomic E-state index is 11.5. The monoisotopic (exact) mass is 181 g/mol. The molecule has 0 radical (unpaired) electrons. The molecule has 0 aromatic carbocycles. The highest BCUT2D eigenvalue weighted by atomic mass is 16.5. The third kappa shape index (κ3) is 2.11. The Balaban J connectivity index is 2.83. The first kappa shape index (κ1) is 9.84. The highest BCUT2D eigenvalue weighted by Crippen LogP contribution is 2.10. The van der Waals surface area contributed by atoms with Crippen LogP contribution < -0.4 is 0 Å². The molecule has 0 atom stereocenters. The second-order valence-corrected chi connectivity index (χ2v) is 3.38. The molecule has 72 valence electrons. The van der Waals surface area contributed by atoms with Crippen molar-refractivity contribution in [3.8, 4) is 0 Å². The zero-order valence-corrected chi connectivity index (χ0v) is 8.50. The van der Waals surface area contributed by atoms with Crippen LogP contribution in [0.3, 0.4) is 0 Å². The van der Waals surface area contributed by atoms with Crippen LogP contribution in [0.1, 0.15) is 29.9 Å². The number of esters is 1. The lowest BCUT2D eigenvalue weighted by molar-refractivity contribution is 0.0377. The lowest BCUT2D eigenvalue weighted by atomic mass is 10.2. The second kappa shape index (κ2) is 3.64. The molecule has 3 heteroatoms. The van der Waals surface area contributed by atoms with Gasteiger partial charge in [-0.15, -0.1) is 0 Å². The Kier molecular flexibility index (Phi) is 2.76. The van der Waals surface area contributed by atoms with Crippen LogP contribution in [0, 0.1) is 6.92 Å². The third-order valence-corrected chi connectivity index (χ3v) is 1.95. The summed E-state index contributed by atoms with van der Waals surface area (Å²) >= 11 is 0. The number of ether oxygens (including phenoxy) is 1. The lowest BCUT2D eigenvalue weighted by Gasteiger charge is -2.07. The summed E-state index contributed by atoms with van der Waals surface area (Å²) in [5.41, 5.74) is 1.59. The number of hydrogen-bond acceptors (Lipinski definition) is 2. The maximum Gasteiger partial charge on any atom is 0.340 e. The van der Waals surface area contributed by atoms with Crippen molar-refractivity contribution in [2.75, 3.05) is 0 Å². The van der Waals surface area contributed by atoms with Crippen molar-refractivity contribution in [3.05, 3.63) is 23.5 Å². The summed E-state index contributed by atoms with van der Waals surface area (Å²) in [4.78, 5) is 11.5. The molecule has 0 N–H and O–H groups in total. The van der Waals surface area contributed by atoms with Gasteiger partial charge in [0, 0.05) is 18.9 Å². The first-order valence-electron chi connectivity index (χ1n) is 4.35. The van der Waals surface area contributed by atoms with E-state index in [4.69, 9.17) is 4.74 Å². The molecule has 0 fully saturated rings. The quantitative estimate of drug-likeness (QED) is 0.652. The van der Waals surface area contributed by atoms with E-state index in [0.717, 1.165) is 5.69 Å². The molecule has 1 heterocycles. The molecule has 0 saturated heterocycles. The predicted octanol–water partition coefficient (Wildman–Crippen LogP) is 1.90. The number of hydrogen-bond donors (Lipinski definition) is 0. The van der Waals surface area contributed by atoms with Crippen molar-refractivity contribution in [2.45, 2.75) is 26.9 Å². The van der Waals surface area contributed by atoms with Crippen LogP contribution in [0.2, 0.25) is 0 Å². The van der Waals surface area contributed by atoms with Crippen LogP contribution in [-0.4, -0.2) is 16.6 Å². The molecule has 3 nitrogen and oxygen atoms in total. The van der Waals surface area contributed by atoms with Crippen LogP contribution >= 0.6 is 0 Å². The molecule has 0 saturated carbocycles. The standard InChI is InChI=1S/C10H15NO2/c1-7(2)13-10(12)9-5-6-11(4)8(9)3/h5-7H,1-4H3. The van der Waals surface area contributed by atoms with E-state index in [-0.39, 0.29) is 12.1 Å². The van der Waals surface area contributed by atoms with E-state index in [1.54, 1.807) is 6.07 Å². The van der Waals surface area contributed by atoms with Crippen molar-refractivity contribution < 1.29 is 9.53 Å². The molecule has 1 rings (SSSR count). The van der Waals surface area contributed by atoms with Crippen LogP contribution in [0.5, 0.6) is 0 Å². The van der Waals surface area contributed by atoms with E-state index in [9.17, 15) is 4.79 Å². The summed E-state index contributed by atoms with van der Waals surface area (Å²) in [5, 5.41) is 0. The summed E-state index contributed by atoms with van der Waals surface area (Å²) < 4.78 is 6.98. The number of carbonyl (C=O) groups excluding carboxylic acids is 1. The minimum atomic E-state index is -0.242. The Morgan fingerprint density at radius 2 is 2.15 bits per heavy atom. The number of aromatic nitrogens is 1. The third-order valence-electron chi connectivity index (χ3n) is 1.95. The summed E-state index contributed by atoms with van der Waals surface area (Å²) in [7, 11) is 1.90. The molecule has 0 unspecified atom stereocenters. The first-order chi connectivity index (χ1) is 6.02. The highest BCUT2D eigenvalue weighted by molar-refractivity contribution is 5.90. The van der Waals surface area contributed by atoms with Crippen molar-refractivity contribution in [3.63, 3.8) is 0 Å². The lowest BCUT2D eigenvalue weighted by Crippen LogP contribution is -2.12. The Morgan fingerprint density at radius 1 is 1.54 bits per heavy atom. The van der Waals surface area contributed by atoms with Gasteiger partial charge in [-0.3, -0.25) is 0 Å². The summed E-state index contributed by atoms with van der Waals surface area (Å²) in [5.74, 6) is -0.242. The summed E-state index contributed by atoms with van der Waals surface area (Å²) in [6.45, 7) is 5.59. The predicted molar refractivity (Wildman–Crippen MR) is 50.7 cm³/mol. The summed E-state index contributed by atoms with van der Waals surface area (Å²) in [6, 6.07) is 1.78. The van der Waals surface area contributed by atoms with Gasteiger partial charge in [0.2, 0.25) is 0 Å².